The molecule has 0 bridgehead atoms. The molecule has 0 aliphatic heterocycles. The van der Waals surface area contributed by atoms with Crippen LogP contribution in [0.5, 0.6) is 0 Å². The number of ether oxygens (including phenoxy) is 1. The van der Waals surface area contributed by atoms with Crippen LogP contribution in [0.15, 0.2) is 24.3 Å². The van der Waals surface area contributed by atoms with Gasteiger partial charge >= 0.3 is 6.09 Å². The topological polar surface area (TPSA) is 89.7 Å². The molecule has 0 fully saturated rings. The normalized spacial score (nSPS) is 13.6. The molecule has 136 valence electrons. The molecule has 0 saturated heterocycles. The van der Waals surface area contributed by atoms with Gasteiger partial charge in [-0.25, -0.2) is 17.5 Å². The molecule has 0 aliphatic carbocycles. The summed E-state index contributed by atoms with van der Waals surface area (Å²) in [6, 6.07) is 7.16. The fourth-order valence-electron chi connectivity index (χ4n) is 2.03. The van der Waals surface area contributed by atoms with Gasteiger partial charge in [0.05, 0.1) is 5.25 Å². The van der Waals surface area contributed by atoms with Gasteiger partial charge in [0.25, 0.3) is 0 Å². The van der Waals surface area contributed by atoms with E-state index in [-0.39, 0.29) is 12.5 Å². The maximum Gasteiger partial charge on any atom is 0.424 e. The number of nitrogens with zero attached hydrogens (tertiary/aromatic N) is 1. The van der Waals surface area contributed by atoms with Crippen LogP contribution in [0, 0.1) is 0 Å². The van der Waals surface area contributed by atoms with Gasteiger partial charge in [0.15, 0.2) is 0 Å². The van der Waals surface area contributed by atoms with Gasteiger partial charge in [-0.15, -0.1) is 0 Å². The first-order chi connectivity index (χ1) is 10.8. The SMILES string of the molecule is CC(CN(C(=O)OC(C)(C)C)S(=O)(=O)C(C)C)c1ccc(N)cc1. The number of hydrogen-bond donors (Lipinski definition) is 1. The van der Waals surface area contributed by atoms with E-state index in [0.29, 0.717) is 5.69 Å². The zero-order valence-electron chi connectivity index (χ0n) is 15.2. The molecule has 1 unspecified atom stereocenters. The smallest absolute Gasteiger partial charge is 0.424 e. The fraction of sp³-hybridized carbons (Fsp3) is 0.588. The van der Waals surface area contributed by atoms with E-state index >= 15 is 0 Å². The van der Waals surface area contributed by atoms with Gasteiger partial charge in [0, 0.05) is 18.2 Å². The molecule has 1 aromatic carbocycles. The molecule has 1 atom stereocenters. The highest BCUT2D eigenvalue weighted by molar-refractivity contribution is 7.90. The van der Waals surface area contributed by atoms with Crippen LogP contribution in [0.4, 0.5) is 10.5 Å². The van der Waals surface area contributed by atoms with Crippen LogP contribution in [-0.2, 0) is 14.8 Å². The van der Waals surface area contributed by atoms with E-state index in [1.165, 1.54) is 0 Å². The van der Waals surface area contributed by atoms with E-state index in [2.05, 4.69) is 0 Å². The number of anilines is 1. The minimum absolute atomic E-state index is 0.0132. The van der Waals surface area contributed by atoms with Crippen LogP contribution in [0.1, 0.15) is 53.0 Å². The summed E-state index contributed by atoms with van der Waals surface area (Å²) >= 11 is 0. The van der Waals surface area contributed by atoms with Crippen molar-refractivity contribution in [2.75, 3.05) is 12.3 Å². The average molecular weight is 356 g/mol. The van der Waals surface area contributed by atoms with Gasteiger partial charge in [-0.1, -0.05) is 19.1 Å². The molecular formula is C17H28N2O4S. The first-order valence-corrected chi connectivity index (χ1v) is 9.45. The van der Waals surface area contributed by atoms with Gasteiger partial charge in [-0.3, -0.25) is 0 Å². The lowest BCUT2D eigenvalue weighted by Gasteiger charge is -2.30. The molecule has 1 rings (SSSR count). The first-order valence-electron chi connectivity index (χ1n) is 7.94. The Balaban J connectivity index is 3.10. The predicted octanol–water partition coefficient (Wildman–Crippen LogP) is 3.35. The van der Waals surface area contributed by atoms with E-state index in [1.807, 2.05) is 19.1 Å². The quantitative estimate of drug-likeness (QED) is 0.817. The molecule has 0 aliphatic rings. The molecule has 2 N–H and O–H groups in total. The Labute approximate surface area is 145 Å². The van der Waals surface area contributed by atoms with Crippen LogP contribution in [-0.4, -0.2) is 36.2 Å². The maximum atomic E-state index is 12.6. The summed E-state index contributed by atoms with van der Waals surface area (Å²) in [6.07, 6.45) is -0.849. The molecule has 24 heavy (non-hydrogen) atoms. The van der Waals surface area contributed by atoms with E-state index < -0.39 is 27.0 Å². The monoisotopic (exact) mass is 356 g/mol. The highest BCUT2D eigenvalue weighted by Crippen LogP contribution is 2.23. The zero-order chi connectivity index (χ0) is 18.7. The van der Waals surface area contributed by atoms with Crippen molar-refractivity contribution in [3.63, 3.8) is 0 Å². The lowest BCUT2D eigenvalue weighted by Crippen LogP contribution is -2.45. The third kappa shape index (κ3) is 5.40. The highest BCUT2D eigenvalue weighted by atomic mass is 32.2. The lowest BCUT2D eigenvalue weighted by atomic mass is 10.0. The van der Waals surface area contributed by atoms with Crippen molar-refractivity contribution in [3.05, 3.63) is 29.8 Å². The lowest BCUT2D eigenvalue weighted by molar-refractivity contribution is 0.0384. The molecular weight excluding hydrogens is 328 g/mol. The van der Waals surface area contributed by atoms with Crippen molar-refractivity contribution in [1.29, 1.82) is 0 Å². The predicted molar refractivity (Wildman–Crippen MR) is 96.3 cm³/mol. The molecule has 0 aromatic heterocycles. The van der Waals surface area contributed by atoms with Gasteiger partial charge in [0.1, 0.15) is 5.60 Å². The zero-order valence-corrected chi connectivity index (χ0v) is 16.1. The first kappa shape index (κ1) is 20.3. The van der Waals surface area contributed by atoms with Crippen molar-refractivity contribution < 1.29 is 17.9 Å². The van der Waals surface area contributed by atoms with Crippen molar-refractivity contribution in [1.82, 2.24) is 4.31 Å². The maximum absolute atomic E-state index is 12.6. The molecule has 1 aromatic rings. The van der Waals surface area contributed by atoms with Crippen LogP contribution < -0.4 is 5.73 Å². The molecule has 0 spiro atoms. The summed E-state index contributed by atoms with van der Waals surface area (Å²) in [5.74, 6) is -0.188. The molecule has 1 amide bonds. The highest BCUT2D eigenvalue weighted by Gasteiger charge is 2.35. The van der Waals surface area contributed by atoms with Gasteiger partial charge in [-0.2, -0.15) is 0 Å². The molecule has 0 saturated carbocycles. The average Bonchev–Trinajstić information content (AvgIpc) is 2.42. The molecule has 0 heterocycles. The van der Waals surface area contributed by atoms with Crippen molar-refractivity contribution in [2.45, 2.75) is 58.3 Å². The van der Waals surface area contributed by atoms with Gasteiger partial charge in [0.2, 0.25) is 10.0 Å². The van der Waals surface area contributed by atoms with Gasteiger partial charge < -0.3 is 10.5 Å². The van der Waals surface area contributed by atoms with E-state index in [4.69, 9.17) is 10.5 Å². The number of benzene rings is 1. The Morgan fingerprint density at radius 3 is 2.08 bits per heavy atom. The third-order valence-corrected chi connectivity index (χ3v) is 5.55. The van der Waals surface area contributed by atoms with Crippen LogP contribution >= 0.6 is 0 Å². The summed E-state index contributed by atoms with van der Waals surface area (Å²) in [5.41, 5.74) is 6.43. The van der Waals surface area contributed by atoms with Crippen LogP contribution in [0.25, 0.3) is 0 Å². The standard InChI is InChI=1S/C17H28N2O4S/c1-12(2)24(21,22)19(16(20)23-17(4,5)6)11-13(3)14-7-9-15(18)10-8-14/h7-10,12-13H,11,18H2,1-6H3. The molecule has 6 nitrogen and oxygen atoms in total. The minimum atomic E-state index is -3.79. The number of sulfonamides is 1. The summed E-state index contributed by atoms with van der Waals surface area (Å²) in [4.78, 5) is 12.4. The number of carbonyl (C=O) groups excluding carboxylic acids is 1. The Kier molecular flexibility index (Phi) is 6.27. The van der Waals surface area contributed by atoms with Crippen molar-refractivity contribution in [2.24, 2.45) is 0 Å². The molecule has 7 heteroatoms. The Morgan fingerprint density at radius 2 is 1.67 bits per heavy atom. The van der Waals surface area contributed by atoms with E-state index in [9.17, 15) is 13.2 Å². The fourth-order valence-corrected chi connectivity index (χ4v) is 3.21. The van der Waals surface area contributed by atoms with E-state index in [0.717, 1.165) is 9.87 Å². The van der Waals surface area contributed by atoms with Crippen LogP contribution in [0.2, 0.25) is 0 Å². The number of rotatable bonds is 5. The number of amides is 1. The number of nitrogens with two attached hydrogens (primary N) is 1. The Bertz CT molecular complexity index is 661. The summed E-state index contributed by atoms with van der Waals surface area (Å²) in [5, 5.41) is -0.719. The number of carbonyl (C=O) groups is 1. The third-order valence-electron chi connectivity index (χ3n) is 3.45. The second-order valence-electron chi connectivity index (χ2n) is 7.17. The summed E-state index contributed by atoms with van der Waals surface area (Å²) in [7, 11) is -3.79. The van der Waals surface area contributed by atoms with Crippen LogP contribution in [0.3, 0.4) is 0 Å². The summed E-state index contributed by atoms with van der Waals surface area (Å²) < 4.78 is 31.3. The number of hydrogen-bond acceptors (Lipinski definition) is 5. The largest absolute Gasteiger partial charge is 0.443 e. The van der Waals surface area contributed by atoms with E-state index in [1.54, 1.807) is 46.8 Å². The van der Waals surface area contributed by atoms with Crippen molar-refractivity contribution in [3.8, 4) is 0 Å². The second-order valence-corrected chi connectivity index (χ2v) is 9.59. The molecule has 0 radical (unpaired) electrons. The Hall–Kier alpha value is -1.76. The van der Waals surface area contributed by atoms with Gasteiger partial charge in [-0.05, 0) is 52.3 Å². The summed E-state index contributed by atoms with van der Waals surface area (Å²) in [6.45, 7) is 10.1. The second kappa shape index (κ2) is 7.42. The number of nitrogen functional groups attached to an aromatic ring is 1. The van der Waals surface area contributed by atoms with Crippen molar-refractivity contribution >= 4 is 21.8 Å². The minimum Gasteiger partial charge on any atom is -0.443 e. The Morgan fingerprint density at radius 1 is 1.17 bits per heavy atom.